The fourth-order valence-electron chi connectivity index (χ4n) is 1.09. The van der Waals surface area contributed by atoms with Gasteiger partial charge in [-0.05, 0) is 24.4 Å². The molecule has 94 valence electrons. The zero-order chi connectivity index (χ0) is 13.7. The van der Waals surface area contributed by atoms with Crippen molar-refractivity contribution in [3.63, 3.8) is 0 Å². The van der Waals surface area contributed by atoms with Crippen LogP contribution in [0.5, 0.6) is 0 Å². The number of nitrogens with two attached hydrogens (primary N) is 1. The van der Waals surface area contributed by atoms with Crippen LogP contribution in [0.25, 0.3) is 0 Å². The van der Waals surface area contributed by atoms with Crippen LogP contribution in [-0.2, 0) is 4.79 Å². The molecule has 0 heterocycles. The molecule has 0 amide bonds. The Morgan fingerprint density at radius 2 is 2.00 bits per heavy atom. The predicted molar refractivity (Wildman–Crippen MR) is 67.2 cm³/mol. The third-order valence-corrected chi connectivity index (χ3v) is 1.92. The molecule has 1 rings (SSSR count). The highest BCUT2D eigenvalue weighted by molar-refractivity contribution is 7.80. The number of aliphatic carboxylic acids is 1. The molecule has 0 spiro atoms. The Bertz CT molecular complexity index is 526. The first kappa shape index (κ1) is 13.5. The summed E-state index contributed by atoms with van der Waals surface area (Å²) in [6.45, 7) is 0. The molecule has 0 unspecified atom stereocenters. The number of hydrogen-bond acceptors (Lipinski definition) is 5. The van der Waals surface area contributed by atoms with Gasteiger partial charge in [-0.1, -0.05) is 0 Å². The zero-order valence-electron chi connectivity index (χ0n) is 8.86. The van der Waals surface area contributed by atoms with E-state index in [1.165, 1.54) is 24.3 Å². The van der Waals surface area contributed by atoms with Crippen molar-refractivity contribution in [2.24, 2.45) is 10.8 Å². The largest absolute Gasteiger partial charge is 0.476 e. The summed E-state index contributed by atoms with van der Waals surface area (Å²) in [4.78, 5) is 20.8. The molecule has 0 aliphatic heterocycles. The number of thiocarbonyl (C=S) groups is 1. The van der Waals surface area contributed by atoms with Crippen molar-refractivity contribution >= 4 is 34.7 Å². The Morgan fingerprint density at radius 1 is 1.44 bits per heavy atom. The minimum atomic E-state index is -1.31. The van der Waals surface area contributed by atoms with E-state index in [9.17, 15) is 14.9 Å². The molecule has 9 heteroatoms. The van der Waals surface area contributed by atoms with Crippen molar-refractivity contribution in [2.75, 3.05) is 0 Å². The quantitative estimate of drug-likeness (QED) is 0.308. The van der Waals surface area contributed by atoms with E-state index in [1.54, 1.807) is 0 Å². The van der Waals surface area contributed by atoms with Crippen molar-refractivity contribution in [1.29, 1.82) is 0 Å². The summed E-state index contributed by atoms with van der Waals surface area (Å²) in [5, 5.41) is 22.7. The number of non-ortho nitro benzene ring substituents is 1. The van der Waals surface area contributed by atoms with Gasteiger partial charge in [-0.15, -0.1) is 0 Å². The second-order valence-electron chi connectivity index (χ2n) is 3.05. The summed E-state index contributed by atoms with van der Waals surface area (Å²) in [5.74, 6) is -1.31. The van der Waals surface area contributed by atoms with Crippen molar-refractivity contribution in [3.05, 3.63) is 39.9 Å². The van der Waals surface area contributed by atoms with Gasteiger partial charge in [0.05, 0.1) is 4.92 Å². The van der Waals surface area contributed by atoms with Gasteiger partial charge >= 0.3 is 5.97 Å². The number of benzene rings is 1. The molecule has 0 saturated heterocycles. The Balaban J connectivity index is 3.07. The molecule has 8 nitrogen and oxygen atoms in total. The van der Waals surface area contributed by atoms with Crippen molar-refractivity contribution < 1.29 is 14.8 Å². The Labute approximate surface area is 106 Å². The highest BCUT2D eigenvalue weighted by atomic mass is 32.1. The van der Waals surface area contributed by atoms with E-state index in [0.717, 1.165) is 0 Å². The Hall–Kier alpha value is -2.55. The van der Waals surface area contributed by atoms with E-state index in [1.807, 2.05) is 0 Å². The predicted octanol–water partition coefficient (Wildman–Crippen LogP) is 0.217. The van der Waals surface area contributed by atoms with Crippen LogP contribution in [0.15, 0.2) is 29.4 Å². The van der Waals surface area contributed by atoms with Crippen molar-refractivity contribution in [1.82, 2.24) is 5.43 Å². The number of carbonyl (C=O) groups is 1. The second-order valence-corrected chi connectivity index (χ2v) is 3.49. The molecule has 0 radical (unpaired) electrons. The molecule has 0 bridgehead atoms. The van der Waals surface area contributed by atoms with Gasteiger partial charge in [0.1, 0.15) is 0 Å². The number of nitro benzene ring substituents is 1. The molecule has 0 aliphatic carbocycles. The summed E-state index contributed by atoms with van der Waals surface area (Å²) in [6, 6.07) is 4.89. The summed E-state index contributed by atoms with van der Waals surface area (Å²) in [5.41, 5.74) is 6.95. The van der Waals surface area contributed by atoms with Crippen LogP contribution < -0.4 is 11.2 Å². The average molecular weight is 268 g/mol. The number of carboxylic acids is 1. The molecule has 4 N–H and O–H groups in total. The van der Waals surface area contributed by atoms with Gasteiger partial charge in [0.25, 0.3) is 5.69 Å². The number of hydrazone groups is 1. The first-order valence-electron chi connectivity index (χ1n) is 4.53. The van der Waals surface area contributed by atoms with Crippen LogP contribution in [0, 0.1) is 10.1 Å². The number of carboxylic acid groups (broad SMARTS) is 1. The Kier molecular flexibility index (Phi) is 4.27. The molecule has 18 heavy (non-hydrogen) atoms. The molecule has 1 aromatic rings. The fourth-order valence-corrected chi connectivity index (χ4v) is 1.13. The lowest BCUT2D eigenvalue weighted by Crippen LogP contribution is -2.28. The lowest BCUT2D eigenvalue weighted by atomic mass is 10.1. The maximum atomic E-state index is 10.9. The number of nitrogens with one attached hydrogen (secondary N) is 1. The lowest BCUT2D eigenvalue weighted by molar-refractivity contribution is -0.384. The molecule has 0 saturated carbocycles. The minimum absolute atomic E-state index is 0.147. The van der Waals surface area contributed by atoms with Gasteiger partial charge in [-0.2, -0.15) is 5.10 Å². The SMILES string of the molecule is NC(=S)NN=C(C(=O)O)c1ccc([N+](=O)[O-])cc1. The zero-order valence-corrected chi connectivity index (χ0v) is 9.68. The number of nitro groups is 1. The summed E-state index contributed by atoms with van der Waals surface area (Å²) in [6.07, 6.45) is 0. The van der Waals surface area contributed by atoms with Gasteiger partial charge in [-0.25, -0.2) is 4.79 Å². The summed E-state index contributed by atoms with van der Waals surface area (Å²) < 4.78 is 0. The molecule has 0 atom stereocenters. The second kappa shape index (κ2) is 5.68. The van der Waals surface area contributed by atoms with Crippen LogP contribution in [0.1, 0.15) is 5.56 Å². The van der Waals surface area contributed by atoms with Gasteiger partial charge in [-0.3, -0.25) is 15.5 Å². The minimum Gasteiger partial charge on any atom is -0.476 e. The van der Waals surface area contributed by atoms with Gasteiger partial charge < -0.3 is 10.8 Å². The van der Waals surface area contributed by atoms with E-state index in [0.29, 0.717) is 0 Å². The van der Waals surface area contributed by atoms with E-state index >= 15 is 0 Å². The first-order chi connectivity index (χ1) is 8.41. The smallest absolute Gasteiger partial charge is 0.356 e. The van der Waals surface area contributed by atoms with Crippen LogP contribution in [0.3, 0.4) is 0 Å². The lowest BCUT2D eigenvalue weighted by Gasteiger charge is -2.02. The maximum Gasteiger partial charge on any atom is 0.356 e. The third kappa shape index (κ3) is 3.49. The van der Waals surface area contributed by atoms with Gasteiger partial charge in [0.15, 0.2) is 10.8 Å². The van der Waals surface area contributed by atoms with E-state index in [-0.39, 0.29) is 22.1 Å². The third-order valence-electron chi connectivity index (χ3n) is 1.83. The molecular weight excluding hydrogens is 260 g/mol. The van der Waals surface area contributed by atoms with Crippen LogP contribution >= 0.6 is 12.2 Å². The standard InChI is InChI=1S/C9H8N4O4S/c10-9(18)12-11-7(8(14)15)5-1-3-6(4-2-5)13(16)17/h1-4H,(H,14,15)(H3,10,12,18). The fraction of sp³-hybridized carbons (Fsp3) is 0. The average Bonchev–Trinajstić information content (AvgIpc) is 2.29. The number of rotatable bonds is 4. The normalized spacial score (nSPS) is 10.8. The Morgan fingerprint density at radius 3 is 2.39 bits per heavy atom. The molecule has 0 aliphatic rings. The van der Waals surface area contributed by atoms with Gasteiger partial charge in [0, 0.05) is 17.7 Å². The van der Waals surface area contributed by atoms with E-state index in [4.69, 9.17) is 10.8 Å². The maximum absolute atomic E-state index is 10.9. The number of nitrogens with zero attached hydrogens (tertiary/aromatic N) is 2. The van der Waals surface area contributed by atoms with Crippen molar-refractivity contribution in [2.45, 2.75) is 0 Å². The van der Waals surface area contributed by atoms with E-state index in [2.05, 4.69) is 22.7 Å². The first-order valence-corrected chi connectivity index (χ1v) is 4.94. The highest BCUT2D eigenvalue weighted by Gasteiger charge is 2.14. The molecular formula is C9H8N4O4S. The summed E-state index contributed by atoms with van der Waals surface area (Å²) in [7, 11) is 0. The highest BCUT2D eigenvalue weighted by Crippen LogP contribution is 2.12. The number of hydrogen-bond donors (Lipinski definition) is 3. The molecule has 1 aromatic carbocycles. The van der Waals surface area contributed by atoms with Gasteiger partial charge in [0.2, 0.25) is 0 Å². The molecule has 0 fully saturated rings. The molecule has 0 aromatic heterocycles. The van der Waals surface area contributed by atoms with Crippen molar-refractivity contribution in [3.8, 4) is 0 Å². The van der Waals surface area contributed by atoms with E-state index < -0.39 is 10.9 Å². The monoisotopic (exact) mass is 268 g/mol. The summed E-state index contributed by atoms with van der Waals surface area (Å²) >= 11 is 4.48. The van der Waals surface area contributed by atoms with Crippen LogP contribution in [0.2, 0.25) is 0 Å². The van der Waals surface area contributed by atoms with Crippen LogP contribution in [0.4, 0.5) is 5.69 Å². The topological polar surface area (TPSA) is 131 Å². The van der Waals surface area contributed by atoms with Crippen LogP contribution in [-0.4, -0.2) is 26.8 Å².